The van der Waals surface area contributed by atoms with Gasteiger partial charge in [-0.1, -0.05) is 0 Å². The van der Waals surface area contributed by atoms with E-state index in [1.807, 2.05) is 0 Å². The van der Waals surface area contributed by atoms with Crippen LogP contribution in [-0.4, -0.2) is 36.7 Å². The summed E-state index contributed by atoms with van der Waals surface area (Å²) in [5.74, 6) is -0.311. The molecule has 0 fully saturated rings. The van der Waals surface area contributed by atoms with E-state index in [1.165, 1.54) is 7.11 Å². The van der Waals surface area contributed by atoms with Gasteiger partial charge in [0.2, 0.25) is 0 Å². The number of nitrogen functional groups attached to an aromatic ring is 1. The third kappa shape index (κ3) is 3.76. The van der Waals surface area contributed by atoms with E-state index in [0.717, 1.165) is 0 Å². The van der Waals surface area contributed by atoms with E-state index >= 15 is 0 Å². The molecule has 1 aromatic rings. The number of hydrogen-bond acceptors (Lipinski definition) is 5. The molecular weight excluding hydrogens is 224 g/mol. The lowest BCUT2D eigenvalue weighted by atomic mass is 10.2. The number of nitrogens with one attached hydrogen (secondary N) is 1. The van der Waals surface area contributed by atoms with Gasteiger partial charge in [-0.3, -0.25) is 5.41 Å². The van der Waals surface area contributed by atoms with Crippen molar-refractivity contribution in [1.29, 1.82) is 5.41 Å². The molecule has 1 rings (SSSR count). The summed E-state index contributed by atoms with van der Waals surface area (Å²) < 4.78 is 9.50. The maximum absolute atomic E-state index is 10.9. The molecular formula is C11H14N2O4. The molecule has 1 atom stereocenters. The van der Waals surface area contributed by atoms with Crippen molar-refractivity contribution in [3.63, 3.8) is 0 Å². The van der Waals surface area contributed by atoms with Gasteiger partial charge in [0.25, 0.3) is 0 Å². The van der Waals surface area contributed by atoms with E-state index < -0.39 is 12.1 Å². The van der Waals surface area contributed by atoms with E-state index in [0.29, 0.717) is 11.3 Å². The fraction of sp³-hybridized carbons (Fsp3) is 0.273. The molecule has 0 saturated heterocycles. The summed E-state index contributed by atoms with van der Waals surface area (Å²) in [5.41, 5.74) is 5.86. The molecule has 0 aliphatic rings. The van der Waals surface area contributed by atoms with Crippen LogP contribution >= 0.6 is 0 Å². The molecule has 0 aliphatic heterocycles. The van der Waals surface area contributed by atoms with E-state index in [9.17, 15) is 9.90 Å². The van der Waals surface area contributed by atoms with Crippen molar-refractivity contribution >= 4 is 11.8 Å². The summed E-state index contributed by atoms with van der Waals surface area (Å²) in [4.78, 5) is 10.9. The molecule has 0 heterocycles. The highest BCUT2D eigenvalue weighted by molar-refractivity contribution is 5.94. The lowest BCUT2D eigenvalue weighted by Gasteiger charge is -2.10. The summed E-state index contributed by atoms with van der Waals surface area (Å²) in [7, 11) is 1.19. The minimum atomic E-state index is -1.31. The van der Waals surface area contributed by atoms with Crippen LogP contribution in [0.4, 0.5) is 0 Å². The van der Waals surface area contributed by atoms with Gasteiger partial charge < -0.3 is 20.3 Å². The van der Waals surface area contributed by atoms with E-state index in [2.05, 4.69) is 4.74 Å². The zero-order valence-electron chi connectivity index (χ0n) is 9.34. The van der Waals surface area contributed by atoms with Gasteiger partial charge in [0.1, 0.15) is 18.2 Å². The summed E-state index contributed by atoms with van der Waals surface area (Å²) >= 11 is 0. The van der Waals surface area contributed by atoms with Gasteiger partial charge in [0.15, 0.2) is 6.10 Å². The monoisotopic (exact) mass is 238 g/mol. The average molecular weight is 238 g/mol. The first-order valence-corrected chi connectivity index (χ1v) is 4.87. The highest BCUT2D eigenvalue weighted by Gasteiger charge is 2.15. The fourth-order valence-electron chi connectivity index (χ4n) is 1.11. The Hall–Kier alpha value is -2.08. The first-order chi connectivity index (χ1) is 8.04. The summed E-state index contributed by atoms with van der Waals surface area (Å²) in [6.45, 7) is -0.188. The van der Waals surface area contributed by atoms with Crippen molar-refractivity contribution in [3.8, 4) is 5.75 Å². The number of carbonyl (C=O) groups is 1. The number of amidine groups is 1. The minimum absolute atomic E-state index is 0.0360. The molecule has 0 spiro atoms. The van der Waals surface area contributed by atoms with Crippen molar-refractivity contribution in [3.05, 3.63) is 29.8 Å². The van der Waals surface area contributed by atoms with Crippen LogP contribution in [0.3, 0.4) is 0 Å². The molecule has 1 aromatic carbocycles. The Bertz CT molecular complexity index is 402. The van der Waals surface area contributed by atoms with Gasteiger partial charge in [-0.15, -0.1) is 0 Å². The number of methoxy groups -OCH3 is 1. The van der Waals surface area contributed by atoms with Crippen molar-refractivity contribution in [2.45, 2.75) is 6.10 Å². The predicted octanol–water partition coefficient (Wildman–Crippen LogP) is -0.117. The van der Waals surface area contributed by atoms with Crippen molar-refractivity contribution in [2.75, 3.05) is 13.7 Å². The normalized spacial score (nSPS) is 11.6. The Kier molecular flexibility index (Phi) is 4.47. The number of carbonyl (C=O) groups excluding carboxylic acids is 1. The number of benzene rings is 1. The molecule has 0 radical (unpaired) electrons. The van der Waals surface area contributed by atoms with E-state index in [1.54, 1.807) is 24.3 Å². The first kappa shape index (κ1) is 13.0. The zero-order valence-corrected chi connectivity index (χ0v) is 9.34. The fourth-order valence-corrected chi connectivity index (χ4v) is 1.11. The molecule has 6 heteroatoms. The van der Waals surface area contributed by atoms with Crippen molar-refractivity contribution in [1.82, 2.24) is 0 Å². The number of nitrogens with two attached hydrogens (primary N) is 1. The summed E-state index contributed by atoms with van der Waals surface area (Å²) in [6, 6.07) is 6.42. The Morgan fingerprint density at radius 2 is 2.06 bits per heavy atom. The Morgan fingerprint density at radius 1 is 1.47 bits per heavy atom. The molecule has 17 heavy (non-hydrogen) atoms. The van der Waals surface area contributed by atoms with Crippen LogP contribution in [0, 0.1) is 5.41 Å². The topological polar surface area (TPSA) is 106 Å². The summed E-state index contributed by atoms with van der Waals surface area (Å²) in [6.07, 6.45) is -1.31. The first-order valence-electron chi connectivity index (χ1n) is 4.87. The second kappa shape index (κ2) is 5.86. The number of aliphatic hydroxyl groups excluding tert-OH is 1. The van der Waals surface area contributed by atoms with Crippen LogP contribution < -0.4 is 10.5 Å². The van der Waals surface area contributed by atoms with Crippen molar-refractivity contribution < 1.29 is 19.4 Å². The quantitative estimate of drug-likeness (QED) is 0.377. The van der Waals surface area contributed by atoms with Gasteiger partial charge in [-0.05, 0) is 24.3 Å². The third-order valence-corrected chi connectivity index (χ3v) is 2.05. The lowest BCUT2D eigenvalue weighted by molar-refractivity contribution is -0.151. The highest BCUT2D eigenvalue weighted by atomic mass is 16.5. The van der Waals surface area contributed by atoms with Crippen molar-refractivity contribution in [2.24, 2.45) is 5.73 Å². The molecule has 0 amide bonds. The van der Waals surface area contributed by atoms with Gasteiger partial charge in [0.05, 0.1) is 7.11 Å². The van der Waals surface area contributed by atoms with E-state index in [-0.39, 0.29) is 12.4 Å². The predicted molar refractivity (Wildman–Crippen MR) is 61.0 cm³/mol. The highest BCUT2D eigenvalue weighted by Crippen LogP contribution is 2.12. The molecule has 0 aromatic heterocycles. The maximum Gasteiger partial charge on any atom is 0.338 e. The van der Waals surface area contributed by atoms with E-state index in [4.69, 9.17) is 15.9 Å². The summed E-state index contributed by atoms with van der Waals surface area (Å²) in [5, 5.41) is 16.5. The standard InChI is InChI=1S/C11H14N2O4/c1-16-11(15)9(14)6-17-8-4-2-7(3-5-8)10(12)13/h2-5,9,14H,6H2,1H3,(H3,12,13). The molecule has 4 N–H and O–H groups in total. The third-order valence-electron chi connectivity index (χ3n) is 2.05. The van der Waals surface area contributed by atoms with Gasteiger partial charge in [0, 0.05) is 5.56 Å². The van der Waals surface area contributed by atoms with Crippen LogP contribution in [0.15, 0.2) is 24.3 Å². The number of aliphatic hydroxyl groups is 1. The van der Waals surface area contributed by atoms with Crippen LogP contribution in [0.2, 0.25) is 0 Å². The molecule has 6 nitrogen and oxygen atoms in total. The molecule has 0 bridgehead atoms. The van der Waals surface area contributed by atoms with Crippen LogP contribution in [0.1, 0.15) is 5.56 Å². The number of rotatable bonds is 5. The maximum atomic E-state index is 10.9. The zero-order chi connectivity index (χ0) is 12.8. The van der Waals surface area contributed by atoms with Gasteiger partial charge >= 0.3 is 5.97 Å². The lowest BCUT2D eigenvalue weighted by Crippen LogP contribution is -2.28. The largest absolute Gasteiger partial charge is 0.490 e. The van der Waals surface area contributed by atoms with Gasteiger partial charge in [-0.2, -0.15) is 0 Å². The second-order valence-corrected chi connectivity index (χ2v) is 3.29. The molecule has 92 valence electrons. The second-order valence-electron chi connectivity index (χ2n) is 3.29. The van der Waals surface area contributed by atoms with Gasteiger partial charge in [-0.25, -0.2) is 4.79 Å². The molecule has 0 aliphatic carbocycles. The van der Waals surface area contributed by atoms with Crippen LogP contribution in [0.5, 0.6) is 5.75 Å². The SMILES string of the molecule is COC(=O)C(O)COc1ccc(C(=N)N)cc1. The van der Waals surface area contributed by atoms with Crippen LogP contribution in [0.25, 0.3) is 0 Å². The minimum Gasteiger partial charge on any atom is -0.490 e. The molecule has 1 unspecified atom stereocenters. The number of hydrogen-bond donors (Lipinski definition) is 3. The number of ether oxygens (including phenoxy) is 2. The number of esters is 1. The Labute approximate surface area is 98.5 Å². The van der Waals surface area contributed by atoms with Crippen LogP contribution in [-0.2, 0) is 9.53 Å². The Morgan fingerprint density at radius 3 is 2.53 bits per heavy atom. The average Bonchev–Trinajstić information content (AvgIpc) is 2.35. The molecule has 0 saturated carbocycles. The Balaban J connectivity index is 2.53. The smallest absolute Gasteiger partial charge is 0.338 e.